The molecule has 0 heterocycles. The number of nitrogens with zero attached hydrogens (tertiary/aromatic N) is 1. The van der Waals surface area contributed by atoms with Crippen molar-refractivity contribution in [3.05, 3.63) is 0 Å². The predicted molar refractivity (Wildman–Crippen MR) is 63.9 cm³/mol. The molecule has 0 spiro atoms. The second kappa shape index (κ2) is 6.80. The molecule has 0 fully saturated rings. The van der Waals surface area contributed by atoms with Crippen LogP contribution >= 0.6 is 0 Å². The summed E-state index contributed by atoms with van der Waals surface area (Å²) in [5.74, 6) is 0.111. The lowest BCUT2D eigenvalue weighted by Crippen LogP contribution is -2.41. The van der Waals surface area contributed by atoms with Gasteiger partial charge in [-0.15, -0.1) is 0 Å². The molecule has 0 aliphatic rings. The fraction of sp³-hybridized carbons (Fsp3) is 0.909. The summed E-state index contributed by atoms with van der Waals surface area (Å²) in [6, 6.07) is 0. The second-order valence-electron chi connectivity index (χ2n) is 5.10. The van der Waals surface area contributed by atoms with Gasteiger partial charge in [0.05, 0.1) is 0 Å². The molecule has 0 rings (SSSR count). The molecule has 15 heavy (non-hydrogen) atoms. The van der Waals surface area contributed by atoms with Crippen LogP contribution in [0.2, 0.25) is 0 Å². The van der Waals surface area contributed by atoms with Gasteiger partial charge in [-0.3, -0.25) is 4.79 Å². The van der Waals surface area contributed by atoms with E-state index in [9.17, 15) is 4.79 Å². The highest BCUT2D eigenvalue weighted by atomic mass is 16.1. The van der Waals surface area contributed by atoms with Crippen molar-refractivity contribution >= 4 is 5.91 Å². The summed E-state index contributed by atoms with van der Waals surface area (Å²) < 4.78 is 0. The smallest absolute Gasteiger partial charge is 0.221 e. The average Bonchev–Trinajstić information content (AvgIpc) is 1.99. The van der Waals surface area contributed by atoms with Crippen LogP contribution in [0.1, 0.15) is 27.2 Å². The van der Waals surface area contributed by atoms with Crippen LogP contribution in [-0.2, 0) is 4.79 Å². The Balaban J connectivity index is 3.40. The third-order valence-electron chi connectivity index (χ3n) is 1.78. The molecular formula is C11H25N3O. The lowest BCUT2D eigenvalue weighted by atomic mass is 10.1. The number of amides is 1. The SMILES string of the molecule is CN(C)CCNCCC(=O)NC(C)(C)C. The molecule has 4 heteroatoms. The Morgan fingerprint density at radius 2 is 1.80 bits per heavy atom. The van der Waals surface area contributed by atoms with Gasteiger partial charge < -0.3 is 15.5 Å². The summed E-state index contributed by atoms with van der Waals surface area (Å²) in [6.07, 6.45) is 0.546. The van der Waals surface area contributed by atoms with Gasteiger partial charge in [0.15, 0.2) is 0 Å². The van der Waals surface area contributed by atoms with Crippen LogP contribution in [0.15, 0.2) is 0 Å². The number of hydrogen-bond acceptors (Lipinski definition) is 3. The number of hydrogen-bond donors (Lipinski definition) is 2. The molecule has 0 aromatic rings. The number of nitrogens with one attached hydrogen (secondary N) is 2. The van der Waals surface area contributed by atoms with Crippen molar-refractivity contribution in [1.29, 1.82) is 0 Å². The maximum absolute atomic E-state index is 11.4. The highest BCUT2D eigenvalue weighted by molar-refractivity contribution is 5.76. The van der Waals surface area contributed by atoms with Gasteiger partial charge in [0.25, 0.3) is 0 Å². The van der Waals surface area contributed by atoms with E-state index in [-0.39, 0.29) is 11.4 Å². The van der Waals surface area contributed by atoms with Crippen LogP contribution in [0.4, 0.5) is 0 Å². The van der Waals surface area contributed by atoms with Crippen molar-refractivity contribution in [3.8, 4) is 0 Å². The Morgan fingerprint density at radius 3 is 2.27 bits per heavy atom. The molecular weight excluding hydrogens is 190 g/mol. The fourth-order valence-corrected chi connectivity index (χ4v) is 1.11. The summed E-state index contributed by atoms with van der Waals surface area (Å²) >= 11 is 0. The minimum atomic E-state index is -0.124. The molecule has 0 saturated carbocycles. The minimum Gasteiger partial charge on any atom is -0.351 e. The van der Waals surface area contributed by atoms with E-state index in [2.05, 4.69) is 15.5 Å². The zero-order valence-corrected chi connectivity index (χ0v) is 10.7. The molecule has 0 bridgehead atoms. The predicted octanol–water partition coefficient (Wildman–Crippen LogP) is 0.442. The van der Waals surface area contributed by atoms with E-state index in [0.29, 0.717) is 6.42 Å². The Bertz CT molecular complexity index is 185. The molecule has 0 aromatic heterocycles. The highest BCUT2D eigenvalue weighted by Gasteiger charge is 2.12. The monoisotopic (exact) mass is 215 g/mol. The van der Waals surface area contributed by atoms with Gasteiger partial charge in [0.1, 0.15) is 0 Å². The summed E-state index contributed by atoms with van der Waals surface area (Å²) in [7, 11) is 4.07. The van der Waals surface area contributed by atoms with Gasteiger partial charge in [-0.05, 0) is 34.9 Å². The van der Waals surface area contributed by atoms with Crippen molar-refractivity contribution in [3.63, 3.8) is 0 Å². The average molecular weight is 215 g/mol. The van der Waals surface area contributed by atoms with Crippen molar-refractivity contribution in [1.82, 2.24) is 15.5 Å². The third-order valence-corrected chi connectivity index (χ3v) is 1.78. The normalized spacial score (nSPS) is 11.9. The van der Waals surface area contributed by atoms with Gasteiger partial charge in [-0.2, -0.15) is 0 Å². The van der Waals surface area contributed by atoms with E-state index in [1.54, 1.807) is 0 Å². The Hall–Kier alpha value is -0.610. The maximum Gasteiger partial charge on any atom is 0.221 e. The first kappa shape index (κ1) is 14.4. The van der Waals surface area contributed by atoms with Gasteiger partial charge in [0, 0.05) is 31.6 Å². The number of rotatable bonds is 6. The van der Waals surface area contributed by atoms with Crippen LogP contribution in [-0.4, -0.2) is 50.1 Å². The van der Waals surface area contributed by atoms with Crippen molar-refractivity contribution in [2.45, 2.75) is 32.7 Å². The molecule has 0 aliphatic heterocycles. The largest absolute Gasteiger partial charge is 0.351 e. The minimum absolute atomic E-state index is 0.111. The number of carbonyl (C=O) groups is 1. The van der Waals surface area contributed by atoms with Crippen LogP contribution in [0.3, 0.4) is 0 Å². The van der Waals surface area contributed by atoms with E-state index in [1.165, 1.54) is 0 Å². The van der Waals surface area contributed by atoms with E-state index in [1.807, 2.05) is 34.9 Å². The zero-order valence-electron chi connectivity index (χ0n) is 10.7. The van der Waals surface area contributed by atoms with Crippen molar-refractivity contribution in [2.24, 2.45) is 0 Å². The van der Waals surface area contributed by atoms with Crippen LogP contribution in [0.5, 0.6) is 0 Å². The van der Waals surface area contributed by atoms with Crippen molar-refractivity contribution in [2.75, 3.05) is 33.7 Å². The molecule has 4 nitrogen and oxygen atoms in total. The number of carbonyl (C=O) groups excluding carboxylic acids is 1. The molecule has 0 radical (unpaired) electrons. The Kier molecular flexibility index (Phi) is 6.52. The molecule has 0 aliphatic carbocycles. The quantitative estimate of drug-likeness (QED) is 0.632. The van der Waals surface area contributed by atoms with Gasteiger partial charge >= 0.3 is 0 Å². The van der Waals surface area contributed by atoms with Crippen LogP contribution < -0.4 is 10.6 Å². The van der Waals surface area contributed by atoms with Gasteiger partial charge in [0.2, 0.25) is 5.91 Å². The van der Waals surface area contributed by atoms with E-state index < -0.39 is 0 Å². The van der Waals surface area contributed by atoms with E-state index in [0.717, 1.165) is 19.6 Å². The molecule has 90 valence electrons. The molecule has 0 saturated heterocycles. The Labute approximate surface area is 93.4 Å². The molecule has 1 amide bonds. The fourth-order valence-electron chi connectivity index (χ4n) is 1.11. The van der Waals surface area contributed by atoms with Crippen molar-refractivity contribution < 1.29 is 4.79 Å². The summed E-state index contributed by atoms with van der Waals surface area (Å²) in [5.41, 5.74) is -0.124. The first-order valence-electron chi connectivity index (χ1n) is 5.48. The third kappa shape index (κ3) is 11.3. The topological polar surface area (TPSA) is 44.4 Å². The van der Waals surface area contributed by atoms with Crippen LogP contribution in [0, 0.1) is 0 Å². The van der Waals surface area contributed by atoms with E-state index >= 15 is 0 Å². The Morgan fingerprint density at radius 1 is 1.20 bits per heavy atom. The molecule has 0 atom stereocenters. The number of likely N-dealkylation sites (N-methyl/N-ethyl adjacent to an activating group) is 1. The van der Waals surface area contributed by atoms with Gasteiger partial charge in [-0.25, -0.2) is 0 Å². The maximum atomic E-state index is 11.4. The summed E-state index contributed by atoms with van der Waals surface area (Å²) in [5, 5.41) is 6.16. The zero-order chi connectivity index (χ0) is 11.9. The molecule has 0 unspecified atom stereocenters. The summed E-state index contributed by atoms with van der Waals surface area (Å²) in [4.78, 5) is 13.5. The van der Waals surface area contributed by atoms with Gasteiger partial charge in [-0.1, -0.05) is 0 Å². The second-order valence-corrected chi connectivity index (χ2v) is 5.10. The van der Waals surface area contributed by atoms with Crippen LogP contribution in [0.25, 0.3) is 0 Å². The molecule has 2 N–H and O–H groups in total. The highest BCUT2D eigenvalue weighted by Crippen LogP contribution is 1.98. The van der Waals surface area contributed by atoms with E-state index in [4.69, 9.17) is 0 Å². The standard InChI is InChI=1S/C11H25N3O/c1-11(2,3)13-10(15)6-7-12-8-9-14(4)5/h12H,6-9H2,1-5H3,(H,13,15). The lowest BCUT2D eigenvalue weighted by molar-refractivity contribution is -0.122. The first-order chi connectivity index (χ1) is 6.81. The summed E-state index contributed by atoms with van der Waals surface area (Å²) in [6.45, 7) is 8.64. The molecule has 0 aromatic carbocycles. The first-order valence-corrected chi connectivity index (χ1v) is 5.48. The lowest BCUT2D eigenvalue weighted by Gasteiger charge is -2.20.